The maximum absolute atomic E-state index is 11.7. The molecule has 0 rings (SSSR count). The highest BCUT2D eigenvalue weighted by atomic mass is 32.2. The van der Waals surface area contributed by atoms with Crippen molar-refractivity contribution in [2.24, 2.45) is 0 Å². The highest BCUT2D eigenvalue weighted by Crippen LogP contribution is 2.12. The first-order valence-electron chi connectivity index (χ1n) is 11.6. The first kappa shape index (κ1) is 26.6. The Balaban J connectivity index is 3.19. The molecule has 0 radical (unpaired) electrons. The molecular formula is C22H47N3OS. The van der Waals surface area contributed by atoms with Crippen LogP contribution in [0.3, 0.4) is 0 Å². The third kappa shape index (κ3) is 20.1. The fourth-order valence-corrected chi connectivity index (χ4v) is 4.06. The van der Waals surface area contributed by atoms with E-state index in [1.807, 2.05) is 11.8 Å². The van der Waals surface area contributed by atoms with E-state index in [0.717, 1.165) is 44.9 Å². The van der Waals surface area contributed by atoms with E-state index in [0.29, 0.717) is 0 Å². The zero-order valence-corrected chi connectivity index (χ0v) is 19.3. The number of thioether (sulfide) groups is 1. The standard InChI is InChI=1S/C22H47N3OS/c1-4-7-8-9-10-11-12-13-14-15-20-27-21-16-17-23-22(26)24-18-19-25(5-2)6-3/h4-21H2,1-3H3,(H2,23,24,26). The van der Waals surface area contributed by atoms with Gasteiger partial charge in [-0.1, -0.05) is 78.6 Å². The third-order valence-electron chi connectivity index (χ3n) is 5.00. The summed E-state index contributed by atoms with van der Waals surface area (Å²) in [6, 6.07) is -0.0261. The monoisotopic (exact) mass is 401 g/mol. The molecule has 0 saturated heterocycles. The Morgan fingerprint density at radius 1 is 0.704 bits per heavy atom. The van der Waals surface area contributed by atoms with Crippen molar-refractivity contribution in [2.75, 3.05) is 44.2 Å². The van der Waals surface area contributed by atoms with Crippen LogP contribution < -0.4 is 10.6 Å². The van der Waals surface area contributed by atoms with Gasteiger partial charge in [-0.25, -0.2) is 4.79 Å². The summed E-state index contributed by atoms with van der Waals surface area (Å²) in [6.07, 6.45) is 15.1. The Hall–Kier alpha value is -0.420. The summed E-state index contributed by atoms with van der Waals surface area (Å²) < 4.78 is 0. The van der Waals surface area contributed by atoms with E-state index in [1.165, 1.54) is 70.0 Å². The van der Waals surface area contributed by atoms with Crippen LogP contribution in [0.2, 0.25) is 0 Å². The van der Waals surface area contributed by atoms with Crippen molar-refractivity contribution in [1.82, 2.24) is 15.5 Å². The van der Waals surface area contributed by atoms with Crippen LogP contribution in [0.1, 0.15) is 91.4 Å². The molecule has 27 heavy (non-hydrogen) atoms. The van der Waals surface area contributed by atoms with Crippen molar-refractivity contribution in [3.05, 3.63) is 0 Å². The Kier molecular flexibility index (Phi) is 21.5. The lowest BCUT2D eigenvalue weighted by Crippen LogP contribution is -2.40. The first-order chi connectivity index (χ1) is 13.2. The number of carbonyl (C=O) groups is 1. The summed E-state index contributed by atoms with van der Waals surface area (Å²) in [7, 11) is 0. The molecule has 0 atom stereocenters. The topological polar surface area (TPSA) is 44.4 Å². The molecule has 2 N–H and O–H groups in total. The smallest absolute Gasteiger partial charge is 0.314 e. The van der Waals surface area contributed by atoms with Crippen molar-refractivity contribution in [2.45, 2.75) is 91.4 Å². The summed E-state index contributed by atoms with van der Waals surface area (Å²) in [5.74, 6) is 2.42. The number of rotatable bonds is 20. The molecule has 0 aliphatic carbocycles. The van der Waals surface area contributed by atoms with E-state index in [2.05, 4.69) is 36.3 Å². The van der Waals surface area contributed by atoms with E-state index in [1.54, 1.807) is 0 Å². The van der Waals surface area contributed by atoms with Gasteiger partial charge >= 0.3 is 6.03 Å². The molecule has 0 aliphatic heterocycles. The fourth-order valence-electron chi connectivity index (χ4n) is 3.10. The molecule has 0 aromatic heterocycles. The Morgan fingerprint density at radius 3 is 1.81 bits per heavy atom. The quantitative estimate of drug-likeness (QED) is 0.258. The van der Waals surface area contributed by atoms with Gasteiger partial charge in [-0.3, -0.25) is 0 Å². The molecular weight excluding hydrogens is 354 g/mol. The summed E-state index contributed by atoms with van der Waals surface area (Å²) in [5, 5.41) is 5.89. The van der Waals surface area contributed by atoms with Gasteiger partial charge in [-0.05, 0) is 37.4 Å². The van der Waals surface area contributed by atoms with Crippen LogP contribution in [-0.2, 0) is 0 Å². The van der Waals surface area contributed by atoms with Crippen LogP contribution in [-0.4, -0.2) is 55.2 Å². The van der Waals surface area contributed by atoms with Crippen molar-refractivity contribution < 1.29 is 4.79 Å². The number of carbonyl (C=O) groups excluding carboxylic acids is 1. The highest BCUT2D eigenvalue weighted by Gasteiger charge is 2.01. The van der Waals surface area contributed by atoms with Crippen LogP contribution in [0.25, 0.3) is 0 Å². The number of urea groups is 1. The second-order valence-corrected chi connectivity index (χ2v) is 8.58. The summed E-state index contributed by atoms with van der Waals surface area (Å²) >= 11 is 2.03. The molecule has 0 spiro atoms. The summed E-state index contributed by atoms with van der Waals surface area (Å²) in [5.41, 5.74) is 0. The van der Waals surface area contributed by atoms with Crippen LogP contribution in [0, 0.1) is 0 Å². The van der Waals surface area contributed by atoms with E-state index in [9.17, 15) is 4.79 Å². The Labute approximate surface area is 174 Å². The van der Waals surface area contributed by atoms with E-state index >= 15 is 0 Å². The number of hydrogen-bond donors (Lipinski definition) is 2. The van der Waals surface area contributed by atoms with Gasteiger partial charge in [0.05, 0.1) is 0 Å². The molecule has 2 amide bonds. The Bertz CT molecular complexity index is 312. The van der Waals surface area contributed by atoms with Gasteiger partial charge in [0.15, 0.2) is 0 Å². The number of likely N-dealkylation sites (N-methyl/N-ethyl adjacent to an activating group) is 1. The SMILES string of the molecule is CCCCCCCCCCCCSCCCNC(=O)NCCN(CC)CC. The molecule has 0 aromatic carbocycles. The molecule has 0 fully saturated rings. The van der Waals surface area contributed by atoms with Crippen LogP contribution >= 0.6 is 11.8 Å². The van der Waals surface area contributed by atoms with Crippen molar-refractivity contribution in [3.63, 3.8) is 0 Å². The van der Waals surface area contributed by atoms with E-state index in [4.69, 9.17) is 0 Å². The molecule has 0 aromatic rings. The number of amides is 2. The average molecular weight is 402 g/mol. The second kappa shape index (κ2) is 21.9. The summed E-state index contributed by atoms with van der Waals surface area (Å²) in [4.78, 5) is 14.0. The highest BCUT2D eigenvalue weighted by molar-refractivity contribution is 7.99. The zero-order chi connectivity index (χ0) is 20.0. The minimum Gasteiger partial charge on any atom is -0.338 e. The predicted molar refractivity (Wildman–Crippen MR) is 123 cm³/mol. The van der Waals surface area contributed by atoms with Crippen LogP contribution in [0.5, 0.6) is 0 Å². The second-order valence-electron chi connectivity index (χ2n) is 7.36. The van der Waals surface area contributed by atoms with E-state index in [-0.39, 0.29) is 6.03 Å². The molecule has 162 valence electrons. The maximum Gasteiger partial charge on any atom is 0.314 e. The van der Waals surface area contributed by atoms with Crippen molar-refractivity contribution in [1.29, 1.82) is 0 Å². The Morgan fingerprint density at radius 2 is 1.22 bits per heavy atom. The van der Waals surface area contributed by atoms with Crippen molar-refractivity contribution in [3.8, 4) is 0 Å². The van der Waals surface area contributed by atoms with Gasteiger partial charge in [0.1, 0.15) is 0 Å². The lowest BCUT2D eigenvalue weighted by atomic mass is 10.1. The summed E-state index contributed by atoms with van der Waals surface area (Å²) in [6.45, 7) is 11.1. The number of nitrogens with one attached hydrogen (secondary N) is 2. The van der Waals surface area contributed by atoms with Gasteiger partial charge in [-0.15, -0.1) is 0 Å². The molecule has 0 bridgehead atoms. The van der Waals surface area contributed by atoms with Gasteiger partial charge in [0.25, 0.3) is 0 Å². The predicted octanol–water partition coefficient (Wildman–Crippen LogP) is 5.67. The minimum absolute atomic E-state index is 0.0261. The van der Waals surface area contributed by atoms with Crippen LogP contribution in [0.4, 0.5) is 4.79 Å². The largest absolute Gasteiger partial charge is 0.338 e. The zero-order valence-electron chi connectivity index (χ0n) is 18.5. The molecule has 0 heterocycles. The number of nitrogens with zero attached hydrogens (tertiary/aromatic N) is 1. The average Bonchev–Trinajstić information content (AvgIpc) is 2.68. The van der Waals surface area contributed by atoms with Gasteiger partial charge < -0.3 is 15.5 Å². The molecule has 4 nitrogen and oxygen atoms in total. The maximum atomic E-state index is 11.7. The lowest BCUT2D eigenvalue weighted by Gasteiger charge is -2.18. The number of hydrogen-bond acceptors (Lipinski definition) is 3. The molecule has 0 unspecified atom stereocenters. The normalized spacial score (nSPS) is 11.1. The van der Waals surface area contributed by atoms with E-state index < -0.39 is 0 Å². The molecule has 0 aliphatic rings. The van der Waals surface area contributed by atoms with Gasteiger partial charge in [0, 0.05) is 19.6 Å². The number of unbranched alkanes of at least 4 members (excludes halogenated alkanes) is 9. The van der Waals surface area contributed by atoms with Crippen LogP contribution in [0.15, 0.2) is 0 Å². The molecule has 5 heteroatoms. The van der Waals surface area contributed by atoms with Crippen molar-refractivity contribution >= 4 is 17.8 Å². The minimum atomic E-state index is -0.0261. The fraction of sp³-hybridized carbons (Fsp3) is 0.955. The lowest BCUT2D eigenvalue weighted by molar-refractivity contribution is 0.237. The first-order valence-corrected chi connectivity index (χ1v) is 12.7. The van der Waals surface area contributed by atoms with Gasteiger partial charge in [-0.2, -0.15) is 11.8 Å². The third-order valence-corrected chi connectivity index (χ3v) is 6.16. The molecule has 0 saturated carbocycles. The van der Waals surface area contributed by atoms with Gasteiger partial charge in [0.2, 0.25) is 0 Å².